The molecule has 1 aliphatic heterocycles. The zero-order valence-electron chi connectivity index (χ0n) is 9.74. The van der Waals surface area contributed by atoms with Crippen molar-refractivity contribution in [2.24, 2.45) is 0 Å². The number of carbonyl (C=O) groups is 1. The van der Waals surface area contributed by atoms with E-state index in [0.717, 1.165) is 12.8 Å². The first kappa shape index (κ1) is 14.5. The Labute approximate surface area is 97.0 Å². The first-order valence-electron chi connectivity index (χ1n) is 4.89. The van der Waals surface area contributed by atoms with Crippen molar-refractivity contribution >= 4 is 18.5 Å². The highest BCUT2D eigenvalue weighted by atomic mass is 35.5. The van der Waals surface area contributed by atoms with Gasteiger partial charge in [0.1, 0.15) is 0 Å². The molecule has 1 heterocycles. The number of hydrogen-bond acceptors (Lipinski definition) is 3. The molecule has 0 aromatic heterocycles. The predicted octanol–water partition coefficient (Wildman–Crippen LogP) is 2.15. The maximum absolute atomic E-state index is 11.6. The van der Waals surface area contributed by atoms with E-state index in [4.69, 9.17) is 5.11 Å². The second-order valence-electron chi connectivity index (χ2n) is 5.00. The molecular weight excluding hydrogens is 218 g/mol. The maximum Gasteiger partial charge on any atom is 0.412 e. The van der Waals surface area contributed by atoms with E-state index in [1.54, 1.807) is 4.90 Å². The second kappa shape index (κ2) is 4.58. The fourth-order valence-corrected chi connectivity index (χ4v) is 2.27. The fourth-order valence-electron chi connectivity index (χ4n) is 2.27. The molecule has 0 aromatic carbocycles. The molecule has 1 fully saturated rings. The minimum absolute atomic E-state index is 0. The summed E-state index contributed by atoms with van der Waals surface area (Å²) in [6, 6.07) is 0. The van der Waals surface area contributed by atoms with Crippen molar-refractivity contribution in [1.29, 1.82) is 0 Å². The Morgan fingerprint density at radius 1 is 1.27 bits per heavy atom. The summed E-state index contributed by atoms with van der Waals surface area (Å²) in [5.41, 5.74) is -0.370. The Morgan fingerprint density at radius 2 is 1.67 bits per heavy atom. The molecule has 90 valence electrons. The molecule has 1 rings (SSSR count). The van der Waals surface area contributed by atoms with Crippen LogP contribution in [0.15, 0.2) is 0 Å². The van der Waals surface area contributed by atoms with Crippen LogP contribution in [0.3, 0.4) is 0 Å². The van der Waals surface area contributed by atoms with Gasteiger partial charge in [0.15, 0.2) is 6.79 Å². The van der Waals surface area contributed by atoms with Gasteiger partial charge in [-0.15, -0.1) is 12.4 Å². The number of aliphatic hydroxyl groups is 1. The SMILES string of the molecule is CC1(C)CCC(C)(C)N1C(=O)OCO.Cl. The minimum atomic E-state index is -0.554. The Balaban J connectivity index is 0.00000196. The standard InChI is InChI=1S/C10H19NO3.ClH/c1-9(2)5-6-10(3,4)11(9)8(13)14-7-12;/h12H,5-7H2,1-4H3;1H. The number of likely N-dealkylation sites (tertiary alicyclic amines) is 1. The highest BCUT2D eigenvalue weighted by Crippen LogP contribution is 2.40. The summed E-state index contributed by atoms with van der Waals surface area (Å²) in [6.45, 7) is 7.50. The predicted molar refractivity (Wildman–Crippen MR) is 60.0 cm³/mol. The molecule has 0 saturated carbocycles. The van der Waals surface area contributed by atoms with Gasteiger partial charge in [-0.25, -0.2) is 4.79 Å². The van der Waals surface area contributed by atoms with Gasteiger partial charge < -0.3 is 9.84 Å². The summed E-state index contributed by atoms with van der Waals surface area (Å²) < 4.78 is 4.64. The number of amides is 1. The van der Waals surface area contributed by atoms with Gasteiger partial charge in [-0.05, 0) is 40.5 Å². The monoisotopic (exact) mass is 237 g/mol. The van der Waals surface area contributed by atoms with Gasteiger partial charge in [0, 0.05) is 11.1 Å². The van der Waals surface area contributed by atoms with Crippen LogP contribution in [-0.2, 0) is 4.74 Å². The van der Waals surface area contributed by atoms with Gasteiger partial charge in [-0.1, -0.05) is 0 Å². The molecule has 4 nitrogen and oxygen atoms in total. The van der Waals surface area contributed by atoms with Crippen molar-refractivity contribution in [3.63, 3.8) is 0 Å². The quantitative estimate of drug-likeness (QED) is 0.711. The molecule has 0 aliphatic carbocycles. The topological polar surface area (TPSA) is 49.8 Å². The second-order valence-corrected chi connectivity index (χ2v) is 5.00. The minimum Gasteiger partial charge on any atom is -0.422 e. The molecule has 1 amide bonds. The lowest BCUT2D eigenvalue weighted by atomic mass is 10.0. The lowest BCUT2D eigenvalue weighted by Gasteiger charge is -2.39. The maximum atomic E-state index is 11.6. The molecule has 0 radical (unpaired) electrons. The third kappa shape index (κ3) is 2.75. The molecule has 1 aliphatic rings. The van der Waals surface area contributed by atoms with Crippen molar-refractivity contribution in [3.8, 4) is 0 Å². The first-order chi connectivity index (χ1) is 6.31. The Bertz CT molecular complexity index is 225. The van der Waals surface area contributed by atoms with Crippen LogP contribution in [0.4, 0.5) is 4.79 Å². The van der Waals surface area contributed by atoms with Crippen LogP contribution in [0, 0.1) is 0 Å². The number of ether oxygens (including phenoxy) is 1. The molecule has 0 bridgehead atoms. The smallest absolute Gasteiger partial charge is 0.412 e. The highest BCUT2D eigenvalue weighted by molar-refractivity contribution is 5.85. The van der Waals surface area contributed by atoms with Gasteiger partial charge in [-0.2, -0.15) is 0 Å². The van der Waals surface area contributed by atoms with Crippen LogP contribution in [0.25, 0.3) is 0 Å². The van der Waals surface area contributed by atoms with E-state index < -0.39 is 12.9 Å². The Morgan fingerprint density at radius 3 is 2.00 bits per heavy atom. The van der Waals surface area contributed by atoms with E-state index in [2.05, 4.69) is 4.74 Å². The van der Waals surface area contributed by atoms with E-state index in [1.807, 2.05) is 27.7 Å². The zero-order valence-corrected chi connectivity index (χ0v) is 10.6. The lowest BCUT2D eigenvalue weighted by molar-refractivity contribution is -0.00710. The zero-order chi connectivity index (χ0) is 11.0. The summed E-state index contributed by atoms with van der Waals surface area (Å²) in [4.78, 5) is 13.3. The Hall–Kier alpha value is -0.480. The van der Waals surface area contributed by atoms with Gasteiger partial charge in [-0.3, -0.25) is 4.90 Å². The van der Waals surface area contributed by atoms with Crippen molar-refractivity contribution in [3.05, 3.63) is 0 Å². The molecule has 0 unspecified atom stereocenters. The van der Waals surface area contributed by atoms with Crippen LogP contribution >= 0.6 is 12.4 Å². The number of rotatable bonds is 1. The molecular formula is C10H20ClNO3. The van der Waals surface area contributed by atoms with E-state index in [-0.39, 0.29) is 23.5 Å². The summed E-state index contributed by atoms with van der Waals surface area (Å²) in [5.74, 6) is 0. The third-order valence-corrected chi connectivity index (χ3v) is 2.93. The van der Waals surface area contributed by atoms with Gasteiger partial charge in [0.2, 0.25) is 0 Å². The van der Waals surface area contributed by atoms with Crippen molar-refractivity contribution in [2.75, 3.05) is 6.79 Å². The van der Waals surface area contributed by atoms with Crippen LogP contribution in [0.2, 0.25) is 0 Å². The molecule has 0 aromatic rings. The van der Waals surface area contributed by atoms with Crippen molar-refractivity contribution in [1.82, 2.24) is 4.90 Å². The third-order valence-electron chi connectivity index (χ3n) is 2.93. The van der Waals surface area contributed by atoms with E-state index in [9.17, 15) is 4.79 Å². The van der Waals surface area contributed by atoms with E-state index in [1.165, 1.54) is 0 Å². The number of carbonyl (C=O) groups excluding carboxylic acids is 1. The van der Waals surface area contributed by atoms with Crippen molar-refractivity contribution < 1.29 is 14.6 Å². The van der Waals surface area contributed by atoms with E-state index in [0.29, 0.717) is 0 Å². The van der Waals surface area contributed by atoms with Crippen molar-refractivity contribution in [2.45, 2.75) is 51.6 Å². The summed E-state index contributed by atoms with van der Waals surface area (Å²) in [7, 11) is 0. The molecule has 0 atom stereocenters. The highest BCUT2D eigenvalue weighted by Gasteiger charge is 2.48. The molecule has 15 heavy (non-hydrogen) atoms. The molecule has 1 saturated heterocycles. The van der Waals surface area contributed by atoms with Crippen LogP contribution in [0.5, 0.6) is 0 Å². The average molecular weight is 238 g/mol. The fraction of sp³-hybridized carbons (Fsp3) is 0.900. The number of nitrogens with zero attached hydrogens (tertiary/aromatic N) is 1. The van der Waals surface area contributed by atoms with Crippen LogP contribution in [-0.4, -0.2) is 34.0 Å². The van der Waals surface area contributed by atoms with Gasteiger partial charge in [0.25, 0.3) is 0 Å². The number of halogens is 1. The summed E-state index contributed by atoms with van der Waals surface area (Å²) in [6.07, 6.45) is 1.49. The van der Waals surface area contributed by atoms with E-state index >= 15 is 0 Å². The van der Waals surface area contributed by atoms with Crippen LogP contribution < -0.4 is 0 Å². The lowest BCUT2D eigenvalue weighted by Crippen LogP contribution is -2.52. The normalized spacial score (nSPS) is 22.1. The van der Waals surface area contributed by atoms with Gasteiger partial charge in [0.05, 0.1) is 0 Å². The molecule has 1 N–H and O–H groups in total. The summed E-state index contributed by atoms with van der Waals surface area (Å²) >= 11 is 0. The largest absolute Gasteiger partial charge is 0.422 e. The first-order valence-corrected chi connectivity index (χ1v) is 4.89. The number of hydrogen-bond donors (Lipinski definition) is 1. The Kier molecular flexibility index (Phi) is 4.43. The number of aliphatic hydroxyl groups excluding tert-OH is 1. The van der Waals surface area contributed by atoms with Crippen LogP contribution in [0.1, 0.15) is 40.5 Å². The summed E-state index contributed by atoms with van der Waals surface area (Å²) in [5, 5.41) is 8.57. The molecule has 0 spiro atoms. The van der Waals surface area contributed by atoms with Gasteiger partial charge >= 0.3 is 6.09 Å². The average Bonchev–Trinajstić information content (AvgIpc) is 2.21. The molecule has 5 heteroatoms.